The molecule has 1 aliphatic heterocycles. The number of rotatable bonds is 8. The average molecular weight is 685 g/mol. The van der Waals surface area contributed by atoms with Crippen molar-refractivity contribution in [3.63, 3.8) is 0 Å². The highest BCUT2D eigenvalue weighted by Gasteiger charge is 2.39. The Kier molecular flexibility index (Phi) is 8.50. The van der Waals surface area contributed by atoms with Crippen molar-refractivity contribution >= 4 is 51.8 Å². The highest BCUT2D eigenvalue weighted by Crippen LogP contribution is 2.49. The van der Waals surface area contributed by atoms with Crippen molar-refractivity contribution in [2.75, 3.05) is 9.80 Å². The second kappa shape index (κ2) is 13.9. The van der Waals surface area contributed by atoms with Crippen molar-refractivity contribution in [1.29, 1.82) is 5.26 Å². The molecule has 0 fully saturated rings. The van der Waals surface area contributed by atoms with Crippen LogP contribution in [0.15, 0.2) is 170 Å². The number of benzene rings is 7. The number of anilines is 6. The van der Waals surface area contributed by atoms with E-state index in [1.54, 1.807) is 0 Å². The number of para-hydroxylation sites is 4. The van der Waals surface area contributed by atoms with Gasteiger partial charge in [-0.3, -0.25) is 0 Å². The lowest BCUT2D eigenvalue weighted by atomic mass is 9.84. The molecule has 8 rings (SSSR count). The van der Waals surface area contributed by atoms with Crippen LogP contribution in [-0.2, 0) is 4.74 Å². The third kappa shape index (κ3) is 5.85. The second-order valence-electron chi connectivity index (χ2n) is 12.2. The molecular weight excluding hydrogens is 657 g/mol. The largest absolute Gasteiger partial charge is 0.387 e. The highest BCUT2D eigenvalue weighted by molar-refractivity contribution is 6.22. The van der Waals surface area contributed by atoms with Crippen LogP contribution in [0.3, 0.4) is 0 Å². The van der Waals surface area contributed by atoms with E-state index in [1.807, 2.05) is 170 Å². The molecule has 53 heavy (non-hydrogen) atoms. The zero-order valence-electron chi connectivity index (χ0n) is 28.2. The number of cyclic esters (lactones) is 2. The summed E-state index contributed by atoms with van der Waals surface area (Å²) in [7, 11) is 0. The summed E-state index contributed by atoms with van der Waals surface area (Å²) in [6.45, 7) is 8.27. The Morgan fingerprint density at radius 1 is 0.453 bits per heavy atom. The first-order valence-corrected chi connectivity index (χ1v) is 16.9. The summed E-state index contributed by atoms with van der Waals surface area (Å²) in [5.41, 5.74) is 7.06. The molecular formula is C46H28N4O3. The molecule has 0 atom stereocenters. The zero-order valence-corrected chi connectivity index (χ0v) is 28.2. The van der Waals surface area contributed by atoms with E-state index in [1.165, 1.54) is 0 Å². The molecule has 7 heteroatoms. The fourth-order valence-electron chi connectivity index (χ4n) is 6.88. The van der Waals surface area contributed by atoms with Crippen LogP contribution in [-0.4, -0.2) is 11.9 Å². The van der Waals surface area contributed by atoms with Gasteiger partial charge in [-0.25, -0.2) is 14.4 Å². The van der Waals surface area contributed by atoms with Crippen molar-refractivity contribution in [3.8, 4) is 28.3 Å². The van der Waals surface area contributed by atoms with Gasteiger partial charge in [0.15, 0.2) is 0 Å². The predicted molar refractivity (Wildman–Crippen MR) is 207 cm³/mol. The molecule has 0 radical (unpaired) electrons. The number of ether oxygens (including phenoxy) is 1. The van der Waals surface area contributed by atoms with Crippen molar-refractivity contribution in [2.24, 2.45) is 0 Å². The molecule has 0 bridgehead atoms. The van der Waals surface area contributed by atoms with Gasteiger partial charge in [-0.2, -0.15) is 5.26 Å². The summed E-state index contributed by atoms with van der Waals surface area (Å²) >= 11 is 0. The van der Waals surface area contributed by atoms with Crippen molar-refractivity contribution in [1.82, 2.24) is 0 Å². The Morgan fingerprint density at radius 2 is 0.792 bits per heavy atom. The van der Waals surface area contributed by atoms with E-state index in [4.69, 9.17) is 11.3 Å². The van der Waals surface area contributed by atoms with Crippen molar-refractivity contribution in [3.05, 3.63) is 198 Å². The lowest BCUT2D eigenvalue weighted by Crippen LogP contribution is -2.10. The van der Waals surface area contributed by atoms with E-state index in [0.717, 1.165) is 34.1 Å². The molecule has 0 saturated heterocycles. The zero-order chi connectivity index (χ0) is 36.3. The number of fused-ring (bicyclic) bond motifs is 1. The van der Waals surface area contributed by atoms with Gasteiger partial charge in [0, 0.05) is 34.1 Å². The van der Waals surface area contributed by atoms with Gasteiger partial charge in [0.05, 0.1) is 23.3 Å². The number of nitrogens with zero attached hydrogens (tertiary/aromatic N) is 4. The number of carbonyl (C=O) groups excluding carboxylic acids is 2. The molecule has 0 saturated carbocycles. The fourth-order valence-corrected chi connectivity index (χ4v) is 6.88. The topological polar surface area (TPSA) is 78.0 Å². The first kappa shape index (κ1) is 32.5. The number of carbonyl (C=O) groups is 2. The summed E-state index contributed by atoms with van der Waals surface area (Å²) in [6.07, 6.45) is 0. The lowest BCUT2D eigenvalue weighted by Gasteiger charge is -2.26. The van der Waals surface area contributed by atoms with Crippen LogP contribution in [0.2, 0.25) is 0 Å². The SMILES string of the molecule is [C-]#[N+]c1c2c(c(C#N)c(-c3ccc(N(c4ccccc4)c4ccccc4)cc3)c1-c1ccc(N(c3ccccc3)c3ccccc3)cc1)C(=O)OC2=O. The van der Waals surface area contributed by atoms with Crippen LogP contribution < -0.4 is 9.80 Å². The molecule has 0 aliphatic carbocycles. The fraction of sp³-hybridized carbons (Fsp3) is 0. The Morgan fingerprint density at radius 3 is 1.15 bits per heavy atom. The second-order valence-corrected chi connectivity index (χ2v) is 12.2. The van der Waals surface area contributed by atoms with E-state index in [9.17, 15) is 14.9 Å². The molecule has 0 aromatic heterocycles. The summed E-state index contributed by atoms with van der Waals surface area (Å²) in [5, 5.41) is 10.6. The third-order valence-corrected chi connectivity index (χ3v) is 9.18. The van der Waals surface area contributed by atoms with E-state index in [-0.39, 0.29) is 22.4 Å². The monoisotopic (exact) mass is 684 g/mol. The van der Waals surface area contributed by atoms with Gasteiger partial charge in [0.2, 0.25) is 5.69 Å². The van der Waals surface area contributed by atoms with E-state index < -0.39 is 11.9 Å². The lowest BCUT2D eigenvalue weighted by molar-refractivity contribution is 0.0444. The van der Waals surface area contributed by atoms with Crippen molar-refractivity contribution < 1.29 is 14.3 Å². The van der Waals surface area contributed by atoms with Crippen LogP contribution in [0.1, 0.15) is 26.3 Å². The van der Waals surface area contributed by atoms with Gasteiger partial charge in [0.1, 0.15) is 6.07 Å². The van der Waals surface area contributed by atoms with Gasteiger partial charge in [-0.15, -0.1) is 0 Å². The minimum absolute atomic E-state index is 0.0201. The van der Waals surface area contributed by atoms with Crippen LogP contribution >= 0.6 is 0 Å². The molecule has 7 aromatic carbocycles. The van der Waals surface area contributed by atoms with Gasteiger partial charge in [0.25, 0.3) is 0 Å². The number of nitriles is 1. The molecule has 0 N–H and O–H groups in total. The summed E-state index contributed by atoms with van der Waals surface area (Å²) in [4.78, 5) is 34.2. The van der Waals surface area contributed by atoms with Gasteiger partial charge < -0.3 is 14.5 Å². The number of hydrogen-bond donors (Lipinski definition) is 0. The minimum Gasteiger partial charge on any atom is -0.387 e. The van der Waals surface area contributed by atoms with Crippen LogP contribution in [0, 0.1) is 17.9 Å². The van der Waals surface area contributed by atoms with Gasteiger partial charge in [-0.1, -0.05) is 97.1 Å². The first-order valence-electron chi connectivity index (χ1n) is 16.9. The quantitative estimate of drug-likeness (QED) is 0.0901. The van der Waals surface area contributed by atoms with Crippen molar-refractivity contribution in [2.45, 2.75) is 0 Å². The summed E-state index contributed by atoms with van der Waals surface area (Å²) in [5.74, 6) is -1.88. The maximum atomic E-state index is 13.1. The molecule has 1 aliphatic rings. The normalized spacial score (nSPS) is 11.6. The molecule has 0 unspecified atom stereocenters. The summed E-state index contributed by atoms with van der Waals surface area (Å²) in [6, 6.07) is 57.3. The van der Waals surface area contributed by atoms with Crippen LogP contribution in [0.25, 0.3) is 27.1 Å². The molecule has 0 spiro atoms. The highest BCUT2D eigenvalue weighted by atomic mass is 16.6. The van der Waals surface area contributed by atoms with E-state index >= 15 is 0 Å². The maximum absolute atomic E-state index is 13.1. The minimum atomic E-state index is -0.938. The Hall–Kier alpha value is -7.74. The predicted octanol–water partition coefficient (Wildman–Crippen LogP) is 11.7. The number of esters is 2. The molecule has 1 heterocycles. The average Bonchev–Trinajstić information content (AvgIpc) is 3.52. The Labute approximate surface area is 306 Å². The number of hydrogen-bond acceptors (Lipinski definition) is 6. The third-order valence-electron chi connectivity index (χ3n) is 9.18. The Bertz CT molecular complexity index is 2300. The summed E-state index contributed by atoms with van der Waals surface area (Å²) < 4.78 is 5.01. The molecule has 7 nitrogen and oxygen atoms in total. The van der Waals surface area contributed by atoms with E-state index in [2.05, 4.69) is 20.7 Å². The van der Waals surface area contributed by atoms with Gasteiger partial charge in [-0.05, 0) is 95.1 Å². The molecule has 250 valence electrons. The first-order chi connectivity index (χ1) is 26.1. The van der Waals surface area contributed by atoms with Crippen LogP contribution in [0.5, 0.6) is 0 Å². The van der Waals surface area contributed by atoms with Gasteiger partial charge >= 0.3 is 11.9 Å². The van der Waals surface area contributed by atoms with E-state index in [0.29, 0.717) is 22.3 Å². The maximum Gasteiger partial charge on any atom is 0.346 e. The molecule has 0 amide bonds. The Balaban J connectivity index is 1.31. The smallest absolute Gasteiger partial charge is 0.346 e. The molecule has 7 aromatic rings. The standard InChI is InChI=1S/C46H28N4O3/c1-48-44-41(32-24-28-38(29-25-32)50(35-18-10-4-11-19-35)36-20-12-5-13-21-36)40(39(30-47)42-43(44)46(52)53-45(42)51)31-22-26-37(27-23-31)49(33-14-6-2-7-15-33)34-16-8-3-9-17-34/h2-29H. The van der Waals surface area contributed by atoms with Crippen LogP contribution in [0.4, 0.5) is 39.8 Å².